The van der Waals surface area contributed by atoms with E-state index in [-0.39, 0.29) is 5.54 Å². The van der Waals surface area contributed by atoms with E-state index in [0.29, 0.717) is 5.92 Å². The second kappa shape index (κ2) is 5.66. The number of benzene rings is 1. The second-order valence-electron chi connectivity index (χ2n) is 6.66. The highest BCUT2D eigenvalue weighted by molar-refractivity contribution is 5.36. The monoisotopic (exact) mass is 259 g/mol. The van der Waals surface area contributed by atoms with Crippen molar-refractivity contribution in [1.29, 1.82) is 0 Å². The molecule has 1 fully saturated rings. The van der Waals surface area contributed by atoms with Gasteiger partial charge in [0.25, 0.3) is 0 Å². The fourth-order valence-electron chi connectivity index (χ4n) is 4.00. The molecular weight excluding hydrogens is 230 g/mol. The standard InChI is InChI=1S/C18H29N/c1-5-15-8-6-7-9-16(15)18(4,19)17-12-13(2)10-11-14(17)3/h10-12,15-16H,5-9,19H2,1-4H3. The summed E-state index contributed by atoms with van der Waals surface area (Å²) in [6.07, 6.45) is 6.65. The molecule has 0 radical (unpaired) electrons. The zero-order valence-corrected chi connectivity index (χ0v) is 13.0. The maximum atomic E-state index is 6.85. The van der Waals surface area contributed by atoms with Crippen LogP contribution in [0, 0.1) is 25.7 Å². The van der Waals surface area contributed by atoms with E-state index in [9.17, 15) is 0 Å². The van der Waals surface area contributed by atoms with Gasteiger partial charge in [0.2, 0.25) is 0 Å². The third kappa shape index (κ3) is 2.86. The highest BCUT2D eigenvalue weighted by Crippen LogP contribution is 2.43. The lowest BCUT2D eigenvalue weighted by atomic mass is 9.65. The van der Waals surface area contributed by atoms with Crippen molar-refractivity contribution in [2.75, 3.05) is 0 Å². The molecule has 0 spiro atoms. The molecule has 1 saturated carbocycles. The van der Waals surface area contributed by atoms with Crippen molar-refractivity contribution in [3.8, 4) is 0 Å². The summed E-state index contributed by atoms with van der Waals surface area (Å²) in [7, 11) is 0. The molecule has 1 aromatic carbocycles. The lowest BCUT2D eigenvalue weighted by Crippen LogP contribution is -2.46. The topological polar surface area (TPSA) is 26.0 Å². The number of rotatable bonds is 3. The largest absolute Gasteiger partial charge is 0.321 e. The van der Waals surface area contributed by atoms with E-state index in [0.717, 1.165) is 5.92 Å². The van der Waals surface area contributed by atoms with Gasteiger partial charge in [0.05, 0.1) is 0 Å². The number of nitrogens with two attached hydrogens (primary N) is 1. The van der Waals surface area contributed by atoms with Gasteiger partial charge in [0.15, 0.2) is 0 Å². The van der Waals surface area contributed by atoms with Crippen molar-refractivity contribution < 1.29 is 0 Å². The van der Waals surface area contributed by atoms with E-state index in [4.69, 9.17) is 5.73 Å². The molecule has 0 amide bonds. The molecular formula is C18H29N. The van der Waals surface area contributed by atoms with Gasteiger partial charge in [-0.1, -0.05) is 56.4 Å². The van der Waals surface area contributed by atoms with Crippen molar-refractivity contribution in [3.63, 3.8) is 0 Å². The van der Waals surface area contributed by atoms with Gasteiger partial charge in [-0.2, -0.15) is 0 Å². The van der Waals surface area contributed by atoms with Crippen LogP contribution in [0.15, 0.2) is 18.2 Å². The molecule has 1 nitrogen and oxygen atoms in total. The molecule has 0 bridgehead atoms. The lowest BCUT2D eigenvalue weighted by molar-refractivity contribution is 0.138. The SMILES string of the molecule is CCC1CCCCC1C(C)(N)c1cc(C)ccc1C. The van der Waals surface area contributed by atoms with Crippen molar-refractivity contribution >= 4 is 0 Å². The molecule has 2 rings (SSSR count). The van der Waals surface area contributed by atoms with Gasteiger partial charge in [-0.15, -0.1) is 0 Å². The van der Waals surface area contributed by atoms with Crippen LogP contribution in [-0.2, 0) is 5.54 Å². The predicted molar refractivity (Wildman–Crippen MR) is 83.2 cm³/mol. The summed E-state index contributed by atoms with van der Waals surface area (Å²) in [5, 5.41) is 0. The maximum absolute atomic E-state index is 6.85. The average Bonchev–Trinajstić information content (AvgIpc) is 2.41. The van der Waals surface area contributed by atoms with Crippen LogP contribution in [0.5, 0.6) is 0 Å². The lowest BCUT2D eigenvalue weighted by Gasteiger charge is -2.43. The summed E-state index contributed by atoms with van der Waals surface area (Å²) < 4.78 is 0. The molecule has 0 aromatic heterocycles. The van der Waals surface area contributed by atoms with E-state index in [1.54, 1.807) is 0 Å². The maximum Gasteiger partial charge on any atom is 0.0414 e. The first-order chi connectivity index (χ1) is 8.96. The van der Waals surface area contributed by atoms with Gasteiger partial charge < -0.3 is 5.73 Å². The van der Waals surface area contributed by atoms with Gasteiger partial charge in [-0.05, 0) is 50.2 Å². The minimum absolute atomic E-state index is 0.183. The fraction of sp³-hybridized carbons (Fsp3) is 0.667. The van der Waals surface area contributed by atoms with Gasteiger partial charge in [0, 0.05) is 5.54 Å². The quantitative estimate of drug-likeness (QED) is 0.837. The van der Waals surface area contributed by atoms with Crippen LogP contribution in [0.4, 0.5) is 0 Å². The summed E-state index contributed by atoms with van der Waals surface area (Å²) in [5.74, 6) is 1.43. The number of hydrogen-bond acceptors (Lipinski definition) is 1. The zero-order valence-electron chi connectivity index (χ0n) is 13.0. The first-order valence-electron chi connectivity index (χ1n) is 7.83. The summed E-state index contributed by atoms with van der Waals surface area (Å²) in [5.41, 5.74) is 10.7. The summed E-state index contributed by atoms with van der Waals surface area (Å²) in [6.45, 7) is 8.94. The molecule has 106 valence electrons. The Kier molecular flexibility index (Phi) is 4.35. The normalized spacial score (nSPS) is 27.0. The summed E-state index contributed by atoms with van der Waals surface area (Å²) >= 11 is 0. The van der Waals surface area contributed by atoms with Gasteiger partial charge in [0.1, 0.15) is 0 Å². The Labute approximate surface area is 118 Å². The average molecular weight is 259 g/mol. The van der Waals surface area contributed by atoms with Crippen molar-refractivity contribution in [2.45, 2.75) is 65.3 Å². The molecule has 1 heteroatoms. The molecule has 1 aliphatic carbocycles. The highest BCUT2D eigenvalue weighted by atomic mass is 14.8. The van der Waals surface area contributed by atoms with E-state index in [1.807, 2.05) is 0 Å². The third-order valence-electron chi connectivity index (χ3n) is 5.18. The summed E-state index contributed by atoms with van der Waals surface area (Å²) in [4.78, 5) is 0. The minimum atomic E-state index is -0.183. The van der Waals surface area contributed by atoms with E-state index in [1.165, 1.54) is 48.8 Å². The minimum Gasteiger partial charge on any atom is -0.321 e. The van der Waals surface area contributed by atoms with Crippen molar-refractivity contribution in [1.82, 2.24) is 0 Å². The molecule has 0 saturated heterocycles. The Morgan fingerprint density at radius 2 is 1.89 bits per heavy atom. The third-order valence-corrected chi connectivity index (χ3v) is 5.18. The van der Waals surface area contributed by atoms with Crippen LogP contribution in [0.25, 0.3) is 0 Å². The van der Waals surface area contributed by atoms with Crippen LogP contribution in [0.3, 0.4) is 0 Å². The van der Waals surface area contributed by atoms with Crippen molar-refractivity contribution in [3.05, 3.63) is 34.9 Å². The smallest absolute Gasteiger partial charge is 0.0414 e. The van der Waals surface area contributed by atoms with Crippen LogP contribution in [0.1, 0.15) is 62.6 Å². The van der Waals surface area contributed by atoms with Gasteiger partial charge in [-0.3, -0.25) is 0 Å². The molecule has 0 aliphatic heterocycles. The Morgan fingerprint density at radius 1 is 1.21 bits per heavy atom. The molecule has 2 N–H and O–H groups in total. The predicted octanol–water partition coefficient (Wildman–Crippen LogP) is 4.69. The molecule has 3 unspecified atom stereocenters. The first-order valence-corrected chi connectivity index (χ1v) is 7.83. The van der Waals surface area contributed by atoms with Crippen LogP contribution >= 0.6 is 0 Å². The molecule has 1 aliphatic rings. The molecule has 3 atom stereocenters. The Balaban J connectivity index is 2.36. The van der Waals surface area contributed by atoms with E-state index < -0.39 is 0 Å². The summed E-state index contributed by atoms with van der Waals surface area (Å²) in [6, 6.07) is 6.71. The van der Waals surface area contributed by atoms with Crippen LogP contribution < -0.4 is 5.73 Å². The van der Waals surface area contributed by atoms with E-state index in [2.05, 4.69) is 45.9 Å². The van der Waals surface area contributed by atoms with E-state index >= 15 is 0 Å². The Hall–Kier alpha value is -0.820. The first kappa shape index (κ1) is 14.6. The van der Waals surface area contributed by atoms with Crippen molar-refractivity contribution in [2.24, 2.45) is 17.6 Å². The molecule has 19 heavy (non-hydrogen) atoms. The Bertz CT molecular complexity index is 433. The zero-order chi connectivity index (χ0) is 14.0. The second-order valence-corrected chi connectivity index (χ2v) is 6.66. The van der Waals surface area contributed by atoms with Crippen LogP contribution in [-0.4, -0.2) is 0 Å². The number of hydrogen-bond donors (Lipinski definition) is 1. The van der Waals surface area contributed by atoms with Gasteiger partial charge in [-0.25, -0.2) is 0 Å². The fourth-order valence-corrected chi connectivity index (χ4v) is 4.00. The molecule has 0 heterocycles. The molecule has 1 aromatic rings. The van der Waals surface area contributed by atoms with Gasteiger partial charge >= 0.3 is 0 Å². The Morgan fingerprint density at radius 3 is 2.58 bits per heavy atom. The highest BCUT2D eigenvalue weighted by Gasteiger charge is 2.38. The number of aryl methyl sites for hydroxylation is 2. The van der Waals surface area contributed by atoms with Crippen LogP contribution in [0.2, 0.25) is 0 Å².